The van der Waals surface area contributed by atoms with Crippen LogP contribution >= 0.6 is 0 Å². The first-order valence-corrected chi connectivity index (χ1v) is 3.14. The third-order valence-corrected chi connectivity index (χ3v) is 0.958. The van der Waals surface area contributed by atoms with E-state index in [-0.39, 0.29) is 6.42 Å². The van der Waals surface area contributed by atoms with Crippen molar-refractivity contribution in [2.75, 3.05) is 19.6 Å². The van der Waals surface area contributed by atoms with Crippen LogP contribution in [0.2, 0.25) is 0 Å². The zero-order chi connectivity index (χ0) is 8.04. The molecule has 0 rings (SSSR count). The Labute approximate surface area is 59.5 Å². The topological polar surface area (TPSA) is 98.7 Å². The number of nitrogens with one attached hydrogen (secondary N) is 1. The molecule has 0 radical (unpaired) electrons. The molecule has 5 nitrogen and oxygen atoms in total. The van der Waals surface area contributed by atoms with E-state index in [0.29, 0.717) is 19.6 Å². The monoisotopic (exact) mass is 150 g/mol. The standard InChI is InChI=1S/C5H14N2O3/c6-2-4-7-3-1-5(8,9)10/h7-10H,1-4,6H2. The first kappa shape index (κ1) is 9.80. The van der Waals surface area contributed by atoms with Crippen LogP contribution in [0.15, 0.2) is 0 Å². The summed E-state index contributed by atoms with van der Waals surface area (Å²) in [6.07, 6.45) is -0.118. The van der Waals surface area contributed by atoms with Crippen molar-refractivity contribution in [3.63, 3.8) is 0 Å². The van der Waals surface area contributed by atoms with Gasteiger partial charge >= 0.3 is 0 Å². The lowest BCUT2D eigenvalue weighted by Gasteiger charge is -2.13. The van der Waals surface area contributed by atoms with Crippen LogP contribution < -0.4 is 11.1 Å². The molecule has 0 aromatic carbocycles. The molecule has 6 N–H and O–H groups in total. The molecular weight excluding hydrogens is 136 g/mol. The van der Waals surface area contributed by atoms with Gasteiger partial charge in [0.2, 0.25) is 0 Å². The van der Waals surface area contributed by atoms with Crippen LogP contribution in [0, 0.1) is 0 Å². The SMILES string of the molecule is NCCNCCC(O)(O)O. The molecule has 0 bridgehead atoms. The molecule has 0 aliphatic rings. The summed E-state index contributed by atoms with van der Waals surface area (Å²) < 4.78 is 0. The van der Waals surface area contributed by atoms with Crippen molar-refractivity contribution in [3.8, 4) is 0 Å². The van der Waals surface area contributed by atoms with Crippen LogP contribution in [0.25, 0.3) is 0 Å². The molecule has 0 aromatic rings. The number of aliphatic hydroxyl groups is 3. The molecule has 62 valence electrons. The van der Waals surface area contributed by atoms with Gasteiger partial charge in [0.15, 0.2) is 0 Å². The largest absolute Gasteiger partial charge is 0.344 e. The van der Waals surface area contributed by atoms with E-state index in [1.165, 1.54) is 0 Å². The Morgan fingerprint density at radius 2 is 1.80 bits per heavy atom. The van der Waals surface area contributed by atoms with Crippen LogP contribution in [-0.4, -0.2) is 40.9 Å². The molecule has 0 spiro atoms. The average molecular weight is 150 g/mol. The van der Waals surface area contributed by atoms with Gasteiger partial charge in [0.05, 0.1) is 0 Å². The first-order valence-electron chi connectivity index (χ1n) is 3.14. The van der Waals surface area contributed by atoms with Gasteiger partial charge in [-0.3, -0.25) is 0 Å². The molecule has 0 heterocycles. The summed E-state index contributed by atoms with van der Waals surface area (Å²) >= 11 is 0. The Balaban J connectivity index is 3.04. The van der Waals surface area contributed by atoms with Gasteiger partial charge in [0.25, 0.3) is 5.97 Å². The van der Waals surface area contributed by atoms with Gasteiger partial charge in [0.1, 0.15) is 0 Å². The predicted molar refractivity (Wildman–Crippen MR) is 35.9 cm³/mol. The minimum Gasteiger partial charge on any atom is -0.344 e. The Morgan fingerprint density at radius 3 is 2.20 bits per heavy atom. The summed E-state index contributed by atoms with van der Waals surface area (Å²) in [6.45, 7) is 1.44. The second kappa shape index (κ2) is 4.59. The van der Waals surface area contributed by atoms with Gasteiger partial charge in [-0.05, 0) is 0 Å². The van der Waals surface area contributed by atoms with Crippen molar-refractivity contribution in [1.29, 1.82) is 0 Å². The lowest BCUT2D eigenvalue weighted by atomic mass is 10.3. The van der Waals surface area contributed by atoms with Crippen LogP contribution in [0.1, 0.15) is 6.42 Å². The molecule has 0 saturated heterocycles. The van der Waals surface area contributed by atoms with Crippen molar-refractivity contribution in [2.45, 2.75) is 12.4 Å². The molecular formula is C5H14N2O3. The van der Waals surface area contributed by atoms with E-state index in [1.54, 1.807) is 0 Å². The van der Waals surface area contributed by atoms with E-state index < -0.39 is 5.97 Å². The van der Waals surface area contributed by atoms with E-state index in [9.17, 15) is 0 Å². The molecule has 0 fully saturated rings. The zero-order valence-corrected chi connectivity index (χ0v) is 5.75. The fourth-order valence-corrected chi connectivity index (χ4v) is 0.483. The maximum absolute atomic E-state index is 8.36. The minimum atomic E-state index is -2.55. The quantitative estimate of drug-likeness (QED) is 0.221. The average Bonchev–Trinajstić information content (AvgIpc) is 1.78. The molecule has 0 aliphatic heterocycles. The molecule has 10 heavy (non-hydrogen) atoms. The second-order valence-electron chi connectivity index (χ2n) is 2.06. The summed E-state index contributed by atoms with van der Waals surface area (Å²) in [5.74, 6) is -2.55. The van der Waals surface area contributed by atoms with Gasteiger partial charge in [-0.25, -0.2) is 0 Å². The Hall–Kier alpha value is -0.200. The number of rotatable bonds is 5. The predicted octanol–water partition coefficient (Wildman–Crippen LogP) is -2.44. The summed E-state index contributed by atoms with van der Waals surface area (Å²) in [5, 5.41) is 27.9. The van der Waals surface area contributed by atoms with Gasteiger partial charge in [-0.15, -0.1) is 0 Å². The van der Waals surface area contributed by atoms with Crippen molar-refractivity contribution in [3.05, 3.63) is 0 Å². The highest BCUT2D eigenvalue weighted by molar-refractivity contribution is 4.52. The smallest absolute Gasteiger partial charge is 0.276 e. The molecule has 0 saturated carbocycles. The Bertz CT molecular complexity index is 81.5. The lowest BCUT2D eigenvalue weighted by molar-refractivity contribution is -0.313. The number of nitrogens with two attached hydrogens (primary N) is 1. The molecule has 0 aromatic heterocycles. The van der Waals surface area contributed by atoms with E-state index in [0.717, 1.165) is 0 Å². The highest BCUT2D eigenvalue weighted by atomic mass is 16.7. The normalized spacial score (nSPS) is 12.0. The Morgan fingerprint density at radius 1 is 1.20 bits per heavy atom. The number of hydrogen-bond acceptors (Lipinski definition) is 5. The maximum Gasteiger partial charge on any atom is 0.276 e. The minimum absolute atomic E-state index is 0.118. The van der Waals surface area contributed by atoms with Crippen molar-refractivity contribution in [1.82, 2.24) is 5.32 Å². The lowest BCUT2D eigenvalue weighted by Crippen LogP contribution is -2.33. The van der Waals surface area contributed by atoms with Crippen molar-refractivity contribution < 1.29 is 15.3 Å². The van der Waals surface area contributed by atoms with Crippen LogP contribution in [0.3, 0.4) is 0 Å². The summed E-state index contributed by atoms with van der Waals surface area (Å²) in [6, 6.07) is 0. The van der Waals surface area contributed by atoms with Crippen molar-refractivity contribution >= 4 is 0 Å². The third kappa shape index (κ3) is 7.80. The fraction of sp³-hybridized carbons (Fsp3) is 1.00. The van der Waals surface area contributed by atoms with E-state index in [2.05, 4.69) is 5.32 Å². The van der Waals surface area contributed by atoms with Gasteiger partial charge < -0.3 is 26.4 Å². The molecule has 5 heteroatoms. The van der Waals surface area contributed by atoms with Crippen LogP contribution in [0.4, 0.5) is 0 Å². The second-order valence-corrected chi connectivity index (χ2v) is 2.06. The molecule has 0 aliphatic carbocycles. The summed E-state index contributed by atoms with van der Waals surface area (Å²) in [7, 11) is 0. The van der Waals surface area contributed by atoms with Gasteiger partial charge in [-0.2, -0.15) is 0 Å². The van der Waals surface area contributed by atoms with Crippen LogP contribution in [-0.2, 0) is 0 Å². The molecule has 0 unspecified atom stereocenters. The zero-order valence-electron chi connectivity index (χ0n) is 5.75. The maximum atomic E-state index is 8.36. The van der Waals surface area contributed by atoms with Gasteiger partial charge in [0, 0.05) is 26.1 Å². The molecule has 0 amide bonds. The molecule has 0 atom stereocenters. The van der Waals surface area contributed by atoms with E-state index in [4.69, 9.17) is 21.1 Å². The summed E-state index contributed by atoms with van der Waals surface area (Å²) in [5.41, 5.74) is 5.13. The van der Waals surface area contributed by atoms with E-state index in [1.807, 2.05) is 0 Å². The fourth-order valence-electron chi connectivity index (χ4n) is 0.483. The summed E-state index contributed by atoms with van der Waals surface area (Å²) in [4.78, 5) is 0. The van der Waals surface area contributed by atoms with E-state index >= 15 is 0 Å². The number of hydrogen-bond donors (Lipinski definition) is 5. The highest BCUT2D eigenvalue weighted by Crippen LogP contribution is 1.96. The van der Waals surface area contributed by atoms with Crippen LogP contribution in [0.5, 0.6) is 0 Å². The highest BCUT2D eigenvalue weighted by Gasteiger charge is 2.15. The van der Waals surface area contributed by atoms with Crippen molar-refractivity contribution in [2.24, 2.45) is 5.73 Å². The van der Waals surface area contributed by atoms with Gasteiger partial charge in [-0.1, -0.05) is 0 Å². The third-order valence-electron chi connectivity index (χ3n) is 0.958. The first-order chi connectivity index (χ1) is 4.56. The Kier molecular flexibility index (Phi) is 4.50.